The molecular weight excluding hydrogens is 246 g/mol. The van der Waals surface area contributed by atoms with E-state index in [1.54, 1.807) is 0 Å². The molecule has 0 unspecified atom stereocenters. The molecule has 3 nitrogen and oxygen atoms in total. The van der Waals surface area contributed by atoms with Gasteiger partial charge in [-0.05, 0) is 30.0 Å². The zero-order valence-corrected chi connectivity index (χ0v) is 12.1. The van der Waals surface area contributed by atoms with Gasteiger partial charge in [0.15, 0.2) is 9.84 Å². The first-order chi connectivity index (χ1) is 8.48. The Morgan fingerprint density at radius 3 is 2.50 bits per heavy atom. The summed E-state index contributed by atoms with van der Waals surface area (Å²) in [7, 11) is -2.98. The van der Waals surface area contributed by atoms with Crippen LogP contribution in [-0.2, 0) is 22.1 Å². The van der Waals surface area contributed by atoms with Crippen LogP contribution in [0.5, 0.6) is 0 Å². The normalized spacial score (nSPS) is 11.7. The maximum Gasteiger partial charge on any atom is 0.154 e. The predicted octanol–water partition coefficient (Wildman–Crippen LogP) is 2.56. The van der Waals surface area contributed by atoms with Crippen LogP contribution in [0, 0.1) is 6.92 Å². The lowest BCUT2D eigenvalue weighted by Gasteiger charge is -2.08. The zero-order valence-electron chi connectivity index (χ0n) is 11.3. The van der Waals surface area contributed by atoms with Gasteiger partial charge in [0.1, 0.15) is 0 Å². The van der Waals surface area contributed by atoms with E-state index in [0.717, 1.165) is 36.0 Å². The number of unbranched alkanes of at least 4 members (excludes halogenated alkanes) is 2. The lowest BCUT2D eigenvalue weighted by atomic mass is 10.1. The van der Waals surface area contributed by atoms with Gasteiger partial charge in [-0.2, -0.15) is 0 Å². The zero-order chi connectivity index (χ0) is 13.6. The summed E-state index contributed by atoms with van der Waals surface area (Å²) in [5, 5.41) is 0. The minimum absolute atomic E-state index is 0.146. The van der Waals surface area contributed by atoms with Gasteiger partial charge < -0.3 is 5.73 Å². The Morgan fingerprint density at radius 1 is 1.22 bits per heavy atom. The van der Waals surface area contributed by atoms with E-state index < -0.39 is 9.84 Å². The molecule has 0 heterocycles. The van der Waals surface area contributed by atoms with Gasteiger partial charge in [0.25, 0.3) is 0 Å². The number of benzene rings is 1. The summed E-state index contributed by atoms with van der Waals surface area (Å²) in [5.74, 6) is 0.437. The fraction of sp³-hybridized carbons (Fsp3) is 0.571. The average molecular weight is 269 g/mol. The molecular formula is C14H23NO2S. The van der Waals surface area contributed by atoms with Crippen LogP contribution in [0.2, 0.25) is 0 Å². The predicted molar refractivity (Wildman–Crippen MR) is 76.1 cm³/mol. The molecule has 0 atom stereocenters. The molecule has 102 valence electrons. The van der Waals surface area contributed by atoms with Crippen molar-refractivity contribution in [3.63, 3.8) is 0 Å². The van der Waals surface area contributed by atoms with E-state index in [1.807, 2.05) is 25.1 Å². The molecule has 1 rings (SSSR count). The Hall–Kier alpha value is -0.870. The number of hydrogen-bond acceptors (Lipinski definition) is 3. The highest BCUT2D eigenvalue weighted by molar-refractivity contribution is 7.90. The molecule has 0 fully saturated rings. The molecule has 4 heteroatoms. The van der Waals surface area contributed by atoms with E-state index in [1.165, 1.54) is 0 Å². The quantitative estimate of drug-likeness (QED) is 0.774. The molecule has 0 bridgehead atoms. The molecule has 0 radical (unpaired) electrons. The monoisotopic (exact) mass is 269 g/mol. The minimum atomic E-state index is -2.98. The summed E-state index contributed by atoms with van der Waals surface area (Å²) in [6.45, 7) is 4.50. The Balaban J connectivity index is 2.72. The first-order valence-electron chi connectivity index (χ1n) is 6.47. The molecule has 0 amide bonds. The molecule has 18 heavy (non-hydrogen) atoms. The highest BCUT2D eigenvalue weighted by atomic mass is 32.2. The van der Waals surface area contributed by atoms with Crippen molar-refractivity contribution in [1.29, 1.82) is 0 Å². The Morgan fingerprint density at radius 2 is 1.94 bits per heavy atom. The van der Waals surface area contributed by atoms with E-state index in [-0.39, 0.29) is 5.75 Å². The average Bonchev–Trinajstić information content (AvgIpc) is 2.31. The van der Waals surface area contributed by atoms with Gasteiger partial charge in [-0.3, -0.25) is 0 Å². The second-order valence-electron chi connectivity index (χ2n) is 4.76. The molecule has 0 aromatic heterocycles. The number of rotatable bonds is 7. The molecule has 0 aliphatic heterocycles. The first-order valence-corrected chi connectivity index (χ1v) is 8.29. The maximum atomic E-state index is 12.0. The van der Waals surface area contributed by atoms with Crippen LogP contribution in [0.4, 0.5) is 0 Å². The summed E-state index contributed by atoms with van der Waals surface area (Å²) in [6, 6.07) is 5.76. The third-order valence-electron chi connectivity index (χ3n) is 3.08. The summed E-state index contributed by atoms with van der Waals surface area (Å²) >= 11 is 0. The van der Waals surface area contributed by atoms with E-state index in [4.69, 9.17) is 5.73 Å². The molecule has 1 aromatic rings. The van der Waals surface area contributed by atoms with Crippen LogP contribution >= 0.6 is 0 Å². The van der Waals surface area contributed by atoms with Crippen LogP contribution in [0.15, 0.2) is 18.2 Å². The number of nitrogens with two attached hydrogens (primary N) is 1. The van der Waals surface area contributed by atoms with Crippen molar-refractivity contribution in [2.45, 2.75) is 45.4 Å². The lowest BCUT2D eigenvalue weighted by Crippen LogP contribution is -2.10. The minimum Gasteiger partial charge on any atom is -0.326 e. The fourth-order valence-electron chi connectivity index (χ4n) is 1.93. The maximum absolute atomic E-state index is 12.0. The van der Waals surface area contributed by atoms with E-state index >= 15 is 0 Å². The van der Waals surface area contributed by atoms with Gasteiger partial charge in [0, 0.05) is 6.54 Å². The topological polar surface area (TPSA) is 60.2 Å². The Bertz CT molecular complexity index is 481. The van der Waals surface area contributed by atoms with Crippen molar-refractivity contribution in [1.82, 2.24) is 0 Å². The highest BCUT2D eigenvalue weighted by Crippen LogP contribution is 2.15. The summed E-state index contributed by atoms with van der Waals surface area (Å²) < 4.78 is 23.9. The molecule has 0 spiro atoms. The molecule has 0 aliphatic rings. The van der Waals surface area contributed by atoms with Crippen molar-refractivity contribution in [3.05, 3.63) is 34.9 Å². The van der Waals surface area contributed by atoms with Crippen molar-refractivity contribution < 1.29 is 8.42 Å². The lowest BCUT2D eigenvalue weighted by molar-refractivity contribution is 0.590. The van der Waals surface area contributed by atoms with Crippen molar-refractivity contribution in [2.24, 2.45) is 5.73 Å². The summed E-state index contributed by atoms with van der Waals surface area (Å²) in [5.41, 5.74) is 8.50. The molecule has 2 N–H and O–H groups in total. The molecule has 0 saturated carbocycles. The molecule has 0 aliphatic carbocycles. The summed E-state index contributed by atoms with van der Waals surface area (Å²) in [4.78, 5) is 0. The number of sulfone groups is 1. The van der Waals surface area contributed by atoms with Crippen LogP contribution in [0.25, 0.3) is 0 Å². The Kier molecular flexibility index (Phi) is 5.82. The Labute approximate surface area is 110 Å². The van der Waals surface area contributed by atoms with Crippen molar-refractivity contribution >= 4 is 9.84 Å². The van der Waals surface area contributed by atoms with Crippen molar-refractivity contribution in [3.8, 4) is 0 Å². The third kappa shape index (κ3) is 4.78. The van der Waals surface area contributed by atoms with Crippen molar-refractivity contribution in [2.75, 3.05) is 5.75 Å². The fourth-order valence-corrected chi connectivity index (χ4v) is 3.51. The van der Waals surface area contributed by atoms with Gasteiger partial charge in [-0.1, -0.05) is 38.0 Å². The van der Waals surface area contributed by atoms with Crippen LogP contribution < -0.4 is 5.73 Å². The standard InChI is InChI=1S/C14H23NO2S/c1-3-4-5-8-18(16,17)11-14-7-6-13(10-15)9-12(14)2/h6-7,9H,3-5,8,10-11,15H2,1-2H3. The molecule has 1 aromatic carbocycles. The van der Waals surface area contributed by atoms with Gasteiger partial charge >= 0.3 is 0 Å². The second kappa shape index (κ2) is 6.90. The number of aryl methyl sites for hydroxylation is 1. The largest absolute Gasteiger partial charge is 0.326 e. The van der Waals surface area contributed by atoms with E-state index in [9.17, 15) is 8.42 Å². The van der Waals surface area contributed by atoms with Crippen LogP contribution in [0.3, 0.4) is 0 Å². The smallest absolute Gasteiger partial charge is 0.154 e. The third-order valence-corrected chi connectivity index (χ3v) is 4.74. The van der Waals surface area contributed by atoms with Crippen LogP contribution in [0.1, 0.15) is 42.9 Å². The van der Waals surface area contributed by atoms with E-state index in [2.05, 4.69) is 6.92 Å². The molecule has 0 saturated heterocycles. The SMILES string of the molecule is CCCCCS(=O)(=O)Cc1ccc(CN)cc1C. The van der Waals surface area contributed by atoms with Gasteiger partial charge in [0.05, 0.1) is 11.5 Å². The second-order valence-corrected chi connectivity index (χ2v) is 6.95. The summed E-state index contributed by atoms with van der Waals surface area (Å²) in [6.07, 6.45) is 2.78. The number of hydrogen-bond donors (Lipinski definition) is 1. The first kappa shape index (κ1) is 15.2. The van der Waals surface area contributed by atoms with Gasteiger partial charge in [-0.25, -0.2) is 8.42 Å². The highest BCUT2D eigenvalue weighted by Gasteiger charge is 2.13. The van der Waals surface area contributed by atoms with Crippen LogP contribution in [-0.4, -0.2) is 14.2 Å². The van der Waals surface area contributed by atoms with Gasteiger partial charge in [0.2, 0.25) is 0 Å². The van der Waals surface area contributed by atoms with Gasteiger partial charge in [-0.15, -0.1) is 0 Å². The van der Waals surface area contributed by atoms with E-state index in [0.29, 0.717) is 12.3 Å².